The molecule has 598 valence electrons. The van der Waals surface area contributed by atoms with Gasteiger partial charge in [-0.2, -0.15) is 0 Å². The average Bonchev–Trinajstić information content (AvgIpc) is 1.60. The van der Waals surface area contributed by atoms with Gasteiger partial charge in [0.1, 0.15) is 0 Å². The summed E-state index contributed by atoms with van der Waals surface area (Å²) in [5.74, 6) is 0. The summed E-state index contributed by atoms with van der Waals surface area (Å²) >= 11 is 0. The summed E-state index contributed by atoms with van der Waals surface area (Å²) in [6.07, 6.45) is 3.68. The number of hydrogen-bond acceptors (Lipinski definition) is 1. The van der Waals surface area contributed by atoms with Crippen molar-refractivity contribution >= 4 is 152 Å². The van der Waals surface area contributed by atoms with Crippen molar-refractivity contribution in [1.82, 2.24) is 32.4 Å². The molecule has 0 fully saturated rings. The Labute approximate surface area is 737 Å². The van der Waals surface area contributed by atoms with E-state index in [-0.39, 0.29) is 0 Å². The van der Waals surface area contributed by atoms with Crippen molar-refractivity contribution in [2.45, 2.75) is 0 Å². The van der Waals surface area contributed by atoms with Crippen LogP contribution in [0.3, 0.4) is 0 Å². The van der Waals surface area contributed by atoms with Gasteiger partial charge < -0.3 is 27.4 Å². The molecule has 0 amide bonds. The fourth-order valence-corrected chi connectivity index (χ4v) is 20.4. The van der Waals surface area contributed by atoms with Crippen LogP contribution in [-0.4, -0.2) is 32.4 Å². The van der Waals surface area contributed by atoms with E-state index in [0.717, 1.165) is 5.69 Å². The van der Waals surface area contributed by atoms with Gasteiger partial charge in [-0.15, -0.1) is 0 Å². The molecule has 0 N–H and O–H groups in total. The largest absolute Gasteiger partial charge is 0.309 e. The van der Waals surface area contributed by atoms with Crippen LogP contribution < -0.4 is 0 Å². The first-order valence-electron chi connectivity index (χ1n) is 43.9. The van der Waals surface area contributed by atoms with Gasteiger partial charge >= 0.3 is 0 Å². The van der Waals surface area contributed by atoms with Gasteiger partial charge in [0.05, 0.1) is 66.2 Å². The molecular weight excluding hydrogens is 1550 g/mol. The number of rotatable bonds is 10. The van der Waals surface area contributed by atoms with Crippen LogP contribution in [0.2, 0.25) is 0 Å². The number of pyridine rings is 1. The molecule has 7 heteroatoms. The molecule has 0 aliphatic heterocycles. The van der Waals surface area contributed by atoms with E-state index in [1.54, 1.807) is 0 Å². The van der Waals surface area contributed by atoms with Crippen LogP contribution >= 0.6 is 0 Å². The lowest BCUT2D eigenvalue weighted by atomic mass is 9.99. The van der Waals surface area contributed by atoms with E-state index in [4.69, 9.17) is 0 Å². The number of para-hydroxylation sites is 9. The second kappa shape index (κ2) is 30.4. The van der Waals surface area contributed by atoms with Crippen LogP contribution in [-0.2, 0) is 0 Å². The zero-order valence-electron chi connectivity index (χ0n) is 69.7. The molecule has 128 heavy (non-hydrogen) atoms. The molecule has 7 nitrogen and oxygen atoms in total. The highest BCUT2D eigenvalue weighted by Gasteiger charge is 2.23. The summed E-state index contributed by atoms with van der Waals surface area (Å²) in [7, 11) is 0. The summed E-state index contributed by atoms with van der Waals surface area (Å²) < 4.78 is 14.3. The van der Waals surface area contributed by atoms with Crippen LogP contribution in [0.25, 0.3) is 231 Å². The molecular formula is C121H79N7. The van der Waals surface area contributed by atoms with Crippen LogP contribution in [0.5, 0.6) is 0 Å². The first kappa shape index (κ1) is 73.6. The van der Waals surface area contributed by atoms with Gasteiger partial charge in [0.15, 0.2) is 0 Å². The molecule has 27 rings (SSSR count). The number of fused-ring (bicyclic) bond motifs is 21. The molecule has 0 aliphatic carbocycles. The lowest BCUT2D eigenvalue weighted by molar-refractivity contribution is 1.18. The molecule has 0 aliphatic rings. The van der Waals surface area contributed by atoms with Crippen molar-refractivity contribution in [2.24, 2.45) is 0 Å². The second-order valence-corrected chi connectivity index (χ2v) is 33.3. The Kier molecular flexibility index (Phi) is 17.5. The van der Waals surface area contributed by atoms with Gasteiger partial charge in [-0.1, -0.05) is 267 Å². The van der Waals surface area contributed by atoms with Gasteiger partial charge in [0.2, 0.25) is 0 Å². The van der Waals surface area contributed by atoms with Gasteiger partial charge in [-0.05, 0) is 266 Å². The monoisotopic (exact) mass is 1630 g/mol. The topological polar surface area (TPSA) is 42.5 Å². The quantitative estimate of drug-likeness (QED) is 0.135. The molecule has 7 heterocycles. The number of benzene rings is 20. The minimum atomic E-state index is 1.15. The van der Waals surface area contributed by atoms with Crippen LogP contribution in [0.1, 0.15) is 0 Å². The number of hydrogen-bond donors (Lipinski definition) is 0. The van der Waals surface area contributed by atoms with E-state index >= 15 is 0 Å². The molecule has 0 bridgehead atoms. The van der Waals surface area contributed by atoms with E-state index in [2.05, 4.69) is 487 Å². The van der Waals surface area contributed by atoms with Crippen molar-refractivity contribution in [3.05, 3.63) is 480 Å². The Morgan fingerprint density at radius 1 is 0.125 bits per heavy atom. The highest BCUT2D eigenvalue weighted by atomic mass is 15.0. The van der Waals surface area contributed by atoms with Gasteiger partial charge in [-0.25, -0.2) is 0 Å². The summed E-state index contributed by atoms with van der Waals surface area (Å²) in [4.78, 5) is 4.16. The van der Waals surface area contributed by atoms with Gasteiger partial charge in [0.25, 0.3) is 0 Å². The Bertz CT molecular complexity index is 8980. The third kappa shape index (κ3) is 12.2. The zero-order valence-corrected chi connectivity index (χ0v) is 69.7. The molecule has 0 atom stereocenters. The Balaban J connectivity index is 0.000000104. The van der Waals surface area contributed by atoms with Crippen molar-refractivity contribution in [2.75, 3.05) is 0 Å². The lowest BCUT2D eigenvalue weighted by Gasteiger charge is -2.10. The van der Waals surface area contributed by atoms with Crippen LogP contribution in [0.4, 0.5) is 0 Å². The molecule has 20 aromatic carbocycles. The highest BCUT2D eigenvalue weighted by Crippen LogP contribution is 2.46. The minimum absolute atomic E-state index is 1.15. The van der Waals surface area contributed by atoms with E-state index in [1.807, 2.05) is 24.5 Å². The van der Waals surface area contributed by atoms with E-state index in [9.17, 15) is 0 Å². The molecule has 0 saturated heterocycles. The Morgan fingerprint density at radius 3 is 0.727 bits per heavy atom. The van der Waals surface area contributed by atoms with E-state index in [1.165, 1.54) is 225 Å². The second-order valence-electron chi connectivity index (χ2n) is 33.3. The maximum absolute atomic E-state index is 4.16. The van der Waals surface area contributed by atoms with Crippen LogP contribution in [0.15, 0.2) is 480 Å². The molecule has 0 spiro atoms. The van der Waals surface area contributed by atoms with E-state index in [0.29, 0.717) is 0 Å². The van der Waals surface area contributed by atoms with E-state index < -0.39 is 0 Å². The molecule has 7 aromatic heterocycles. The third-order valence-electron chi connectivity index (χ3n) is 26.2. The minimum Gasteiger partial charge on any atom is -0.309 e. The number of aromatic nitrogens is 7. The van der Waals surface area contributed by atoms with Gasteiger partial charge in [-0.3, -0.25) is 4.98 Å². The maximum atomic E-state index is 4.16. The Morgan fingerprint density at radius 2 is 0.359 bits per heavy atom. The van der Waals surface area contributed by atoms with Crippen molar-refractivity contribution in [3.8, 4) is 78.6 Å². The molecule has 0 radical (unpaired) electrons. The highest BCUT2D eigenvalue weighted by molar-refractivity contribution is 6.23. The Hall–Kier alpha value is -17.1. The number of nitrogens with zero attached hydrogens (tertiary/aromatic N) is 7. The first-order valence-corrected chi connectivity index (χ1v) is 43.9. The fourth-order valence-electron chi connectivity index (χ4n) is 20.4. The predicted octanol–water partition coefficient (Wildman–Crippen LogP) is 32.0. The standard InChI is InChI=1S/C41H27N3.2C40H26N2/c1-2-8-32(9-3-1)43-38-12-6-4-10-34(38)36-26-30(16-20-40(36)43)31-17-21-41-37(27-31)35-11-5-7-13-39(35)44(41)33-18-14-28(15-19-33)29-22-24-42-25-23-29;1-3-13-31(14-4-1)41-37-18-10-9-17-33(37)34-24-29(19-21-38(34)41)30-20-22-39-35(25-30)36-23-27-11-7-8-12-28(27)26-40(36)42(39)32-15-5-2-6-16-32;1-3-12-30(13-4-1)41-36-18-10-9-17-33(36)34-25-28(20-22-37(34)41)29-21-23-38-35(26-29)40-32-16-8-7-11-27(32)19-24-39(40)42(38)31-14-5-2-6-15-31/h1-27H;2*1-26H. The summed E-state index contributed by atoms with van der Waals surface area (Å²) in [6.45, 7) is 0. The fraction of sp³-hybridized carbons (Fsp3) is 0. The summed E-state index contributed by atoms with van der Waals surface area (Å²) in [6, 6.07) is 169. The molecule has 0 saturated carbocycles. The normalized spacial score (nSPS) is 11.8. The zero-order chi connectivity index (χ0) is 84.3. The summed E-state index contributed by atoms with van der Waals surface area (Å²) in [5, 5.41) is 20.3. The van der Waals surface area contributed by atoms with Crippen LogP contribution in [0, 0.1) is 0 Å². The van der Waals surface area contributed by atoms with Crippen molar-refractivity contribution in [3.63, 3.8) is 0 Å². The van der Waals surface area contributed by atoms with Gasteiger partial charge in [0, 0.05) is 111 Å². The third-order valence-corrected chi connectivity index (χ3v) is 26.2. The van der Waals surface area contributed by atoms with Crippen molar-refractivity contribution < 1.29 is 0 Å². The molecule has 27 aromatic rings. The predicted molar refractivity (Wildman–Crippen MR) is 540 cm³/mol. The van der Waals surface area contributed by atoms with Crippen molar-refractivity contribution in [1.29, 1.82) is 0 Å². The maximum Gasteiger partial charge on any atom is 0.0547 e. The average molecular weight is 1630 g/mol. The first-order chi connectivity index (χ1) is 63.5. The smallest absolute Gasteiger partial charge is 0.0547 e. The SMILES string of the molecule is c1ccc(-n2c3ccccc3c3cc(-c4ccc5c(c4)c4c6ccccc6ccc4n5-c4ccccc4)ccc32)cc1.c1ccc(-n2c3ccccc3c3cc(-c4ccc5c(c4)c4cc6ccccc6cc4n5-c4ccccc4)ccc32)cc1.c1ccc(-n2c3ccccc3c3cc(-c4ccc5c(c4)c4ccccc4n5-c4ccc(-c5ccncc5)cc4)ccc32)cc1. The lowest BCUT2D eigenvalue weighted by Crippen LogP contribution is -1.94. The molecule has 0 unspecified atom stereocenters. The summed E-state index contributed by atoms with van der Waals surface area (Å²) in [5.41, 5.74) is 31.4.